The van der Waals surface area contributed by atoms with Gasteiger partial charge in [-0.15, -0.1) is 0 Å². The number of para-hydroxylation sites is 1. The summed E-state index contributed by atoms with van der Waals surface area (Å²) in [6, 6.07) is 16.3. The van der Waals surface area contributed by atoms with Crippen LogP contribution < -0.4 is 10.1 Å². The molecular formula is C16H17NO3. The lowest BCUT2D eigenvalue weighted by Gasteiger charge is -2.10. The van der Waals surface area contributed by atoms with Gasteiger partial charge < -0.3 is 15.2 Å². The first-order chi connectivity index (χ1) is 9.65. The van der Waals surface area contributed by atoms with E-state index >= 15 is 0 Å². The van der Waals surface area contributed by atoms with Gasteiger partial charge in [-0.2, -0.15) is 0 Å². The van der Waals surface area contributed by atoms with Gasteiger partial charge in [0, 0.05) is 5.69 Å². The number of carbonyl (C=O) groups excluding carboxylic acids is 1. The van der Waals surface area contributed by atoms with Gasteiger partial charge in [0.15, 0.2) is 6.61 Å². The van der Waals surface area contributed by atoms with Gasteiger partial charge in [0.05, 0.1) is 6.10 Å². The SMILES string of the molecule is C[C@H](O)c1cccc(NC(=O)COc2ccccc2)c1. The molecule has 0 spiro atoms. The number of nitrogens with one attached hydrogen (secondary N) is 1. The van der Waals surface area contributed by atoms with Gasteiger partial charge in [0.2, 0.25) is 0 Å². The summed E-state index contributed by atoms with van der Waals surface area (Å²) in [6.45, 7) is 1.63. The molecule has 0 bridgehead atoms. The van der Waals surface area contributed by atoms with Crippen LogP contribution >= 0.6 is 0 Å². The van der Waals surface area contributed by atoms with Gasteiger partial charge in [0.25, 0.3) is 5.91 Å². The molecule has 0 radical (unpaired) electrons. The van der Waals surface area contributed by atoms with Crippen molar-refractivity contribution in [1.29, 1.82) is 0 Å². The molecule has 104 valence electrons. The van der Waals surface area contributed by atoms with Crippen molar-refractivity contribution in [1.82, 2.24) is 0 Å². The van der Waals surface area contributed by atoms with E-state index in [1.807, 2.05) is 18.2 Å². The molecule has 0 unspecified atom stereocenters. The number of hydrogen-bond acceptors (Lipinski definition) is 3. The number of anilines is 1. The maximum absolute atomic E-state index is 11.8. The number of ether oxygens (including phenoxy) is 1. The monoisotopic (exact) mass is 271 g/mol. The smallest absolute Gasteiger partial charge is 0.262 e. The Hall–Kier alpha value is -2.33. The van der Waals surface area contributed by atoms with Crippen LogP contribution in [0.3, 0.4) is 0 Å². The zero-order valence-electron chi connectivity index (χ0n) is 11.2. The molecule has 2 aromatic rings. The van der Waals surface area contributed by atoms with Gasteiger partial charge in [-0.25, -0.2) is 0 Å². The zero-order valence-corrected chi connectivity index (χ0v) is 11.2. The Balaban J connectivity index is 1.90. The fraction of sp³-hybridized carbons (Fsp3) is 0.188. The first-order valence-electron chi connectivity index (χ1n) is 6.41. The van der Waals surface area contributed by atoms with Crippen molar-refractivity contribution < 1.29 is 14.6 Å². The molecule has 0 fully saturated rings. The van der Waals surface area contributed by atoms with Crippen LogP contribution in [0.2, 0.25) is 0 Å². The highest BCUT2D eigenvalue weighted by atomic mass is 16.5. The number of benzene rings is 2. The van der Waals surface area contributed by atoms with Crippen molar-refractivity contribution in [3.8, 4) is 5.75 Å². The van der Waals surface area contributed by atoms with Crippen LogP contribution in [0, 0.1) is 0 Å². The first kappa shape index (κ1) is 14.1. The highest BCUT2D eigenvalue weighted by Gasteiger charge is 2.06. The van der Waals surface area contributed by atoms with Crippen molar-refractivity contribution in [3.63, 3.8) is 0 Å². The molecule has 1 amide bonds. The standard InChI is InChI=1S/C16H17NO3/c1-12(18)13-6-5-7-14(10-13)17-16(19)11-20-15-8-3-2-4-9-15/h2-10,12,18H,11H2,1H3,(H,17,19)/t12-/m0/s1. The van der Waals surface area contributed by atoms with Crippen molar-refractivity contribution in [2.45, 2.75) is 13.0 Å². The van der Waals surface area contributed by atoms with Gasteiger partial charge in [0.1, 0.15) is 5.75 Å². The van der Waals surface area contributed by atoms with E-state index in [0.717, 1.165) is 5.56 Å². The van der Waals surface area contributed by atoms with Crippen molar-refractivity contribution >= 4 is 11.6 Å². The Morgan fingerprint density at radius 3 is 2.65 bits per heavy atom. The van der Waals surface area contributed by atoms with Gasteiger partial charge in [-0.1, -0.05) is 30.3 Å². The van der Waals surface area contributed by atoms with E-state index in [2.05, 4.69) is 5.32 Å². The zero-order chi connectivity index (χ0) is 14.4. The van der Waals surface area contributed by atoms with Crippen molar-refractivity contribution in [2.75, 3.05) is 11.9 Å². The molecule has 4 heteroatoms. The molecular weight excluding hydrogens is 254 g/mol. The summed E-state index contributed by atoms with van der Waals surface area (Å²) >= 11 is 0. The van der Waals surface area contributed by atoms with E-state index in [-0.39, 0.29) is 12.5 Å². The summed E-state index contributed by atoms with van der Waals surface area (Å²) in [5.41, 5.74) is 1.40. The molecule has 0 aliphatic heterocycles. The van der Waals surface area contributed by atoms with Crippen LogP contribution in [0.5, 0.6) is 5.75 Å². The largest absolute Gasteiger partial charge is 0.484 e. The number of hydrogen-bond donors (Lipinski definition) is 2. The van der Waals surface area contributed by atoms with E-state index in [0.29, 0.717) is 11.4 Å². The first-order valence-corrected chi connectivity index (χ1v) is 6.41. The average Bonchev–Trinajstić information content (AvgIpc) is 2.46. The highest BCUT2D eigenvalue weighted by Crippen LogP contribution is 2.17. The quantitative estimate of drug-likeness (QED) is 0.879. The fourth-order valence-corrected chi connectivity index (χ4v) is 1.74. The highest BCUT2D eigenvalue weighted by molar-refractivity contribution is 5.91. The minimum Gasteiger partial charge on any atom is -0.484 e. The molecule has 0 heterocycles. The van der Waals surface area contributed by atoms with E-state index in [1.165, 1.54) is 0 Å². The number of carbonyl (C=O) groups is 1. The average molecular weight is 271 g/mol. The summed E-state index contributed by atoms with van der Waals surface area (Å²) in [5.74, 6) is 0.414. The van der Waals surface area contributed by atoms with Gasteiger partial charge >= 0.3 is 0 Å². The Bertz CT molecular complexity index is 567. The summed E-state index contributed by atoms with van der Waals surface area (Å²) in [6.07, 6.45) is -0.563. The Labute approximate surface area is 118 Å². The maximum atomic E-state index is 11.8. The molecule has 20 heavy (non-hydrogen) atoms. The van der Waals surface area contributed by atoms with E-state index in [9.17, 15) is 9.90 Å². The van der Waals surface area contributed by atoms with E-state index in [1.54, 1.807) is 43.3 Å². The van der Waals surface area contributed by atoms with Crippen LogP contribution in [0.25, 0.3) is 0 Å². The third-order valence-corrected chi connectivity index (χ3v) is 2.77. The van der Waals surface area contributed by atoms with Crippen LogP contribution in [0.4, 0.5) is 5.69 Å². The number of amides is 1. The molecule has 2 aromatic carbocycles. The summed E-state index contributed by atoms with van der Waals surface area (Å²) in [4.78, 5) is 11.8. The van der Waals surface area contributed by atoms with Crippen LogP contribution in [-0.2, 0) is 4.79 Å². The lowest BCUT2D eigenvalue weighted by atomic mass is 10.1. The van der Waals surface area contributed by atoms with Crippen molar-refractivity contribution in [3.05, 3.63) is 60.2 Å². The summed E-state index contributed by atoms with van der Waals surface area (Å²) in [5, 5.41) is 12.2. The third-order valence-electron chi connectivity index (χ3n) is 2.77. The Morgan fingerprint density at radius 1 is 1.20 bits per heavy atom. The second-order valence-corrected chi connectivity index (χ2v) is 4.45. The number of aliphatic hydroxyl groups excluding tert-OH is 1. The second kappa shape index (κ2) is 6.73. The van der Waals surface area contributed by atoms with Crippen LogP contribution in [-0.4, -0.2) is 17.6 Å². The molecule has 0 aliphatic carbocycles. The molecule has 1 atom stereocenters. The number of rotatable bonds is 5. The van der Waals surface area contributed by atoms with E-state index in [4.69, 9.17) is 4.74 Å². The Kier molecular flexibility index (Phi) is 4.74. The molecule has 4 nitrogen and oxygen atoms in total. The molecule has 2 N–H and O–H groups in total. The summed E-state index contributed by atoms with van der Waals surface area (Å²) in [7, 11) is 0. The number of aliphatic hydroxyl groups is 1. The molecule has 0 saturated heterocycles. The van der Waals surface area contributed by atoms with Gasteiger partial charge in [-0.3, -0.25) is 4.79 Å². The van der Waals surface area contributed by atoms with E-state index < -0.39 is 6.10 Å². The lowest BCUT2D eigenvalue weighted by molar-refractivity contribution is -0.118. The molecule has 0 saturated carbocycles. The van der Waals surface area contributed by atoms with Crippen molar-refractivity contribution in [2.24, 2.45) is 0 Å². The third kappa shape index (κ3) is 4.10. The topological polar surface area (TPSA) is 58.6 Å². The minimum absolute atomic E-state index is 0.0527. The van der Waals surface area contributed by atoms with Crippen LogP contribution in [0.15, 0.2) is 54.6 Å². The second-order valence-electron chi connectivity index (χ2n) is 4.45. The molecule has 0 aliphatic rings. The minimum atomic E-state index is -0.563. The maximum Gasteiger partial charge on any atom is 0.262 e. The molecule has 2 rings (SSSR count). The predicted octanol–water partition coefficient (Wildman–Crippen LogP) is 2.76. The summed E-state index contributed by atoms with van der Waals surface area (Å²) < 4.78 is 5.36. The predicted molar refractivity (Wildman–Crippen MR) is 77.6 cm³/mol. The normalized spacial score (nSPS) is 11.7. The fourth-order valence-electron chi connectivity index (χ4n) is 1.74. The molecule has 0 aromatic heterocycles. The van der Waals surface area contributed by atoms with Gasteiger partial charge in [-0.05, 0) is 36.8 Å². The Morgan fingerprint density at radius 2 is 1.95 bits per heavy atom. The van der Waals surface area contributed by atoms with Crippen LogP contribution in [0.1, 0.15) is 18.6 Å². The lowest BCUT2D eigenvalue weighted by Crippen LogP contribution is -2.20.